The van der Waals surface area contributed by atoms with Crippen LogP contribution in [0.3, 0.4) is 0 Å². The van der Waals surface area contributed by atoms with Crippen molar-refractivity contribution in [2.75, 3.05) is 4.90 Å². The van der Waals surface area contributed by atoms with Crippen LogP contribution in [0, 0.1) is 5.82 Å². The number of halogens is 2. The summed E-state index contributed by atoms with van der Waals surface area (Å²) < 4.78 is 13.5. The van der Waals surface area contributed by atoms with Crippen molar-refractivity contribution in [1.29, 1.82) is 0 Å². The second kappa shape index (κ2) is 8.25. The van der Waals surface area contributed by atoms with Crippen LogP contribution in [0.15, 0.2) is 83.5 Å². The van der Waals surface area contributed by atoms with Gasteiger partial charge in [0.25, 0.3) is 5.91 Å². The molecule has 0 spiro atoms. The van der Waals surface area contributed by atoms with Gasteiger partial charge in [-0.25, -0.2) is 9.38 Å². The van der Waals surface area contributed by atoms with Crippen LogP contribution >= 0.6 is 11.6 Å². The summed E-state index contributed by atoms with van der Waals surface area (Å²) in [4.78, 5) is 20.0. The maximum atomic E-state index is 13.5. The summed E-state index contributed by atoms with van der Waals surface area (Å²) in [6, 6.07) is 21.0. The fourth-order valence-electron chi connectivity index (χ4n) is 3.50. The highest BCUT2D eigenvalue weighted by Gasteiger charge is 2.30. The van der Waals surface area contributed by atoms with Crippen LogP contribution in [0.2, 0.25) is 5.02 Å². The number of benzene rings is 3. The minimum absolute atomic E-state index is 0.0740. The van der Waals surface area contributed by atoms with Crippen LogP contribution in [0.5, 0.6) is 0 Å². The van der Waals surface area contributed by atoms with E-state index in [0.29, 0.717) is 16.4 Å². The summed E-state index contributed by atoms with van der Waals surface area (Å²) in [5, 5.41) is 0.621. The first-order valence-electron chi connectivity index (χ1n) is 9.69. The first-order chi connectivity index (χ1) is 14.4. The number of benzodiazepines with no additional fused rings is 1. The number of nitrogens with zero attached hydrogens (tertiary/aromatic N) is 2. The molecule has 0 bridgehead atoms. The number of carbonyl (C=O) groups is 1. The maximum absolute atomic E-state index is 13.5. The van der Waals surface area contributed by atoms with Gasteiger partial charge in [0.2, 0.25) is 0 Å². The molecule has 150 valence electrons. The van der Waals surface area contributed by atoms with E-state index in [1.54, 1.807) is 35.2 Å². The van der Waals surface area contributed by atoms with Gasteiger partial charge in [0.1, 0.15) is 11.5 Å². The first kappa shape index (κ1) is 20.0. The number of fused-ring (bicyclic) bond motifs is 1. The Morgan fingerprint density at radius 1 is 0.967 bits per heavy atom. The van der Waals surface area contributed by atoms with Crippen molar-refractivity contribution in [3.05, 3.63) is 106 Å². The van der Waals surface area contributed by atoms with E-state index in [0.717, 1.165) is 22.4 Å². The summed E-state index contributed by atoms with van der Waals surface area (Å²) in [5.41, 5.74) is 4.10. The number of anilines is 1. The average Bonchev–Trinajstić information content (AvgIpc) is 2.85. The number of amides is 1. The molecule has 0 saturated carbocycles. The molecule has 30 heavy (non-hydrogen) atoms. The van der Waals surface area contributed by atoms with Crippen LogP contribution in [0.4, 0.5) is 10.1 Å². The molecule has 1 aliphatic heterocycles. The molecule has 1 amide bonds. The Bertz CT molecular complexity index is 1150. The van der Waals surface area contributed by atoms with Gasteiger partial charge in [-0.3, -0.25) is 4.79 Å². The third kappa shape index (κ3) is 3.91. The van der Waals surface area contributed by atoms with Gasteiger partial charge in [0.15, 0.2) is 0 Å². The standard InChI is InChI=1S/C25H20ClFN2O/c1-16(2)29-23-6-4-3-5-21(23)24(18-9-13-20(27)14-10-18)28-22(25(29)30)15-17-7-11-19(26)12-8-17/h3-16H,1-2H3/b22-15-. The molecular formula is C25H20ClFN2O. The lowest BCUT2D eigenvalue weighted by molar-refractivity contribution is -0.115. The van der Waals surface area contributed by atoms with Gasteiger partial charge in [-0.2, -0.15) is 0 Å². The SMILES string of the molecule is CC(C)N1C(=O)/C(=C/c2ccc(Cl)cc2)N=C(c2ccc(F)cc2)c2ccccc21. The summed E-state index contributed by atoms with van der Waals surface area (Å²) in [7, 11) is 0. The fraction of sp³-hybridized carbons (Fsp3) is 0.120. The fourth-order valence-corrected chi connectivity index (χ4v) is 3.62. The minimum atomic E-state index is -0.321. The minimum Gasteiger partial charge on any atom is -0.304 e. The van der Waals surface area contributed by atoms with Crippen molar-refractivity contribution in [1.82, 2.24) is 0 Å². The van der Waals surface area contributed by atoms with E-state index in [1.807, 2.05) is 50.2 Å². The van der Waals surface area contributed by atoms with Crippen LogP contribution in [0.25, 0.3) is 6.08 Å². The lowest BCUT2D eigenvalue weighted by atomic mass is 10.00. The predicted molar refractivity (Wildman–Crippen MR) is 121 cm³/mol. The van der Waals surface area contributed by atoms with Gasteiger partial charge < -0.3 is 4.90 Å². The van der Waals surface area contributed by atoms with Crippen molar-refractivity contribution in [3.63, 3.8) is 0 Å². The average molecular weight is 419 g/mol. The van der Waals surface area contributed by atoms with Crippen LogP contribution < -0.4 is 4.90 Å². The molecule has 0 aliphatic carbocycles. The molecule has 1 heterocycles. The molecule has 1 aliphatic rings. The molecule has 3 aromatic carbocycles. The quantitative estimate of drug-likeness (QED) is 0.472. The number of para-hydroxylation sites is 1. The number of rotatable bonds is 3. The number of hydrogen-bond acceptors (Lipinski definition) is 2. The highest BCUT2D eigenvalue weighted by molar-refractivity contribution is 6.30. The second-order valence-corrected chi connectivity index (χ2v) is 7.77. The molecule has 0 radical (unpaired) electrons. The van der Waals surface area contributed by atoms with E-state index < -0.39 is 0 Å². The largest absolute Gasteiger partial charge is 0.304 e. The second-order valence-electron chi connectivity index (χ2n) is 7.33. The zero-order chi connectivity index (χ0) is 21.3. The normalized spacial score (nSPS) is 15.2. The van der Waals surface area contributed by atoms with E-state index in [1.165, 1.54) is 12.1 Å². The van der Waals surface area contributed by atoms with Crippen LogP contribution in [-0.2, 0) is 4.79 Å². The molecule has 0 aromatic heterocycles. The molecule has 0 unspecified atom stereocenters. The van der Waals surface area contributed by atoms with E-state index in [-0.39, 0.29) is 17.8 Å². The molecule has 0 N–H and O–H groups in total. The Kier molecular flexibility index (Phi) is 5.51. The van der Waals surface area contributed by atoms with Gasteiger partial charge in [0.05, 0.1) is 11.4 Å². The highest BCUT2D eigenvalue weighted by Crippen LogP contribution is 2.32. The number of carbonyl (C=O) groups excluding carboxylic acids is 1. The van der Waals surface area contributed by atoms with Crippen LogP contribution in [-0.4, -0.2) is 17.7 Å². The Morgan fingerprint density at radius 3 is 2.30 bits per heavy atom. The van der Waals surface area contributed by atoms with Crippen molar-refractivity contribution in [2.45, 2.75) is 19.9 Å². The molecule has 3 aromatic rings. The highest BCUT2D eigenvalue weighted by atomic mass is 35.5. The van der Waals surface area contributed by atoms with E-state index in [4.69, 9.17) is 16.6 Å². The number of hydrogen-bond donors (Lipinski definition) is 0. The molecular weight excluding hydrogens is 399 g/mol. The monoisotopic (exact) mass is 418 g/mol. The van der Waals surface area contributed by atoms with Gasteiger partial charge in [-0.1, -0.05) is 41.9 Å². The van der Waals surface area contributed by atoms with E-state index >= 15 is 0 Å². The molecule has 5 heteroatoms. The lowest BCUT2D eigenvalue weighted by Crippen LogP contribution is -2.37. The molecule has 0 saturated heterocycles. The summed E-state index contributed by atoms with van der Waals surface area (Å²) in [6.45, 7) is 3.94. The molecule has 0 fully saturated rings. The Balaban J connectivity index is 1.96. The van der Waals surface area contributed by atoms with Crippen molar-refractivity contribution < 1.29 is 9.18 Å². The van der Waals surface area contributed by atoms with E-state index in [2.05, 4.69) is 0 Å². The Hall–Kier alpha value is -3.24. The van der Waals surface area contributed by atoms with Gasteiger partial charge in [0, 0.05) is 22.2 Å². The van der Waals surface area contributed by atoms with Crippen molar-refractivity contribution >= 4 is 35.0 Å². The summed E-state index contributed by atoms with van der Waals surface area (Å²) in [5.74, 6) is -0.511. The lowest BCUT2D eigenvalue weighted by Gasteiger charge is -2.27. The molecule has 0 atom stereocenters. The van der Waals surface area contributed by atoms with Crippen molar-refractivity contribution in [2.24, 2.45) is 4.99 Å². The topological polar surface area (TPSA) is 32.7 Å². The number of aliphatic imine (C=N–C) groups is 1. The Labute approximate surface area is 180 Å². The van der Waals surface area contributed by atoms with Gasteiger partial charge in [-0.15, -0.1) is 0 Å². The first-order valence-corrected chi connectivity index (χ1v) is 10.1. The third-order valence-electron chi connectivity index (χ3n) is 4.90. The third-order valence-corrected chi connectivity index (χ3v) is 5.15. The summed E-state index contributed by atoms with van der Waals surface area (Å²) >= 11 is 6.00. The molecule has 4 rings (SSSR count). The zero-order valence-electron chi connectivity index (χ0n) is 16.6. The van der Waals surface area contributed by atoms with Gasteiger partial charge >= 0.3 is 0 Å². The Morgan fingerprint density at radius 2 is 1.63 bits per heavy atom. The zero-order valence-corrected chi connectivity index (χ0v) is 17.4. The predicted octanol–water partition coefficient (Wildman–Crippen LogP) is 6.11. The van der Waals surface area contributed by atoms with Crippen LogP contribution in [0.1, 0.15) is 30.5 Å². The summed E-state index contributed by atoms with van der Waals surface area (Å²) in [6.07, 6.45) is 1.75. The van der Waals surface area contributed by atoms with E-state index in [9.17, 15) is 9.18 Å². The van der Waals surface area contributed by atoms with Gasteiger partial charge in [-0.05, 0) is 68.0 Å². The smallest absolute Gasteiger partial charge is 0.277 e. The van der Waals surface area contributed by atoms with Crippen molar-refractivity contribution in [3.8, 4) is 0 Å². The molecule has 3 nitrogen and oxygen atoms in total. The maximum Gasteiger partial charge on any atom is 0.277 e.